The van der Waals surface area contributed by atoms with Crippen LogP contribution >= 0.6 is 0 Å². The molecule has 3 atom stereocenters. The Morgan fingerprint density at radius 2 is 1.85 bits per heavy atom. The lowest BCUT2D eigenvalue weighted by molar-refractivity contribution is 0.0944. The highest BCUT2D eigenvalue weighted by atomic mass is 15.2. The van der Waals surface area contributed by atoms with Gasteiger partial charge in [-0.25, -0.2) is 0 Å². The highest BCUT2D eigenvalue weighted by molar-refractivity contribution is 4.86. The first-order chi connectivity index (χ1) is 9.63. The SMILES string of the molecule is CCN1CCC(N(C)CC2CC(C)CCC2NC)CC1. The minimum absolute atomic E-state index is 0.740. The fourth-order valence-electron chi connectivity index (χ4n) is 4.28. The Hall–Kier alpha value is -0.120. The van der Waals surface area contributed by atoms with E-state index in [0.717, 1.165) is 23.9 Å². The second kappa shape index (κ2) is 7.77. The fraction of sp³-hybridized carbons (Fsp3) is 1.00. The quantitative estimate of drug-likeness (QED) is 0.835. The molecule has 20 heavy (non-hydrogen) atoms. The first kappa shape index (κ1) is 16.3. The molecule has 0 radical (unpaired) electrons. The third-order valence-corrected chi connectivity index (χ3v) is 5.77. The summed E-state index contributed by atoms with van der Waals surface area (Å²) in [6.07, 6.45) is 6.89. The molecule has 3 nitrogen and oxygen atoms in total. The fourth-order valence-corrected chi connectivity index (χ4v) is 4.28. The summed E-state index contributed by atoms with van der Waals surface area (Å²) < 4.78 is 0. The van der Waals surface area contributed by atoms with Gasteiger partial charge in [0, 0.05) is 18.6 Å². The standard InChI is InChI=1S/C17H35N3/c1-5-20-10-8-16(9-11-20)19(4)13-15-12-14(2)6-7-17(15)18-3/h14-18H,5-13H2,1-4H3. The Balaban J connectivity index is 1.82. The van der Waals surface area contributed by atoms with Crippen LogP contribution in [-0.2, 0) is 0 Å². The van der Waals surface area contributed by atoms with Crippen molar-refractivity contribution in [1.29, 1.82) is 0 Å². The molecule has 3 heteroatoms. The van der Waals surface area contributed by atoms with Crippen molar-refractivity contribution in [3.63, 3.8) is 0 Å². The highest BCUT2D eigenvalue weighted by Gasteiger charge is 2.30. The molecule has 118 valence electrons. The molecule has 2 aliphatic rings. The van der Waals surface area contributed by atoms with Crippen LogP contribution in [0.1, 0.15) is 46.0 Å². The maximum Gasteiger partial charge on any atom is 0.0117 e. The first-order valence-corrected chi connectivity index (χ1v) is 8.73. The summed E-state index contributed by atoms with van der Waals surface area (Å²) in [7, 11) is 4.51. The zero-order valence-electron chi connectivity index (χ0n) is 14.1. The van der Waals surface area contributed by atoms with Crippen LogP contribution in [0, 0.1) is 11.8 Å². The molecule has 0 aromatic carbocycles. The molecule has 0 bridgehead atoms. The summed E-state index contributed by atoms with van der Waals surface area (Å²) in [4.78, 5) is 5.25. The van der Waals surface area contributed by atoms with E-state index in [2.05, 4.69) is 43.1 Å². The van der Waals surface area contributed by atoms with Crippen LogP contribution in [-0.4, -0.2) is 62.2 Å². The van der Waals surface area contributed by atoms with E-state index in [1.165, 1.54) is 58.3 Å². The van der Waals surface area contributed by atoms with Crippen molar-refractivity contribution in [3.05, 3.63) is 0 Å². The van der Waals surface area contributed by atoms with Gasteiger partial charge in [-0.1, -0.05) is 13.8 Å². The zero-order chi connectivity index (χ0) is 14.5. The minimum atomic E-state index is 0.740. The van der Waals surface area contributed by atoms with Crippen LogP contribution in [0.5, 0.6) is 0 Å². The normalized spacial score (nSPS) is 33.8. The molecule has 0 aromatic heterocycles. The summed E-state index contributed by atoms with van der Waals surface area (Å²) in [6, 6.07) is 1.55. The molecule has 1 heterocycles. The van der Waals surface area contributed by atoms with Gasteiger partial charge >= 0.3 is 0 Å². The maximum absolute atomic E-state index is 3.56. The van der Waals surface area contributed by atoms with Crippen molar-refractivity contribution in [2.75, 3.05) is 40.3 Å². The van der Waals surface area contributed by atoms with Gasteiger partial charge in [-0.3, -0.25) is 0 Å². The number of rotatable bonds is 5. The van der Waals surface area contributed by atoms with Gasteiger partial charge in [0.2, 0.25) is 0 Å². The Morgan fingerprint density at radius 1 is 1.15 bits per heavy atom. The number of hydrogen-bond donors (Lipinski definition) is 1. The summed E-state index contributed by atoms with van der Waals surface area (Å²) in [5.74, 6) is 1.76. The highest BCUT2D eigenvalue weighted by Crippen LogP contribution is 2.30. The van der Waals surface area contributed by atoms with E-state index in [1.54, 1.807) is 0 Å². The molecule has 3 unspecified atom stereocenters. The van der Waals surface area contributed by atoms with Gasteiger partial charge in [-0.05, 0) is 77.7 Å². The van der Waals surface area contributed by atoms with Crippen LogP contribution in [0.25, 0.3) is 0 Å². The monoisotopic (exact) mass is 281 g/mol. The molecule has 0 amide bonds. The third-order valence-electron chi connectivity index (χ3n) is 5.77. The molecule has 0 aromatic rings. The van der Waals surface area contributed by atoms with E-state index in [9.17, 15) is 0 Å². The molecule has 1 N–H and O–H groups in total. The Labute approximate surface area is 126 Å². The molecule has 1 saturated heterocycles. The Kier molecular flexibility index (Phi) is 6.31. The number of nitrogens with one attached hydrogen (secondary N) is 1. The van der Waals surface area contributed by atoms with E-state index in [0.29, 0.717) is 0 Å². The van der Waals surface area contributed by atoms with Crippen molar-refractivity contribution in [2.24, 2.45) is 11.8 Å². The number of nitrogens with zero attached hydrogens (tertiary/aromatic N) is 2. The average molecular weight is 281 g/mol. The summed E-state index contributed by atoms with van der Waals surface area (Å²) in [5.41, 5.74) is 0. The smallest absolute Gasteiger partial charge is 0.0117 e. The van der Waals surface area contributed by atoms with Crippen molar-refractivity contribution >= 4 is 0 Å². The predicted molar refractivity (Wildman–Crippen MR) is 87.1 cm³/mol. The van der Waals surface area contributed by atoms with E-state index in [-0.39, 0.29) is 0 Å². The van der Waals surface area contributed by atoms with Crippen molar-refractivity contribution < 1.29 is 0 Å². The molecular formula is C17H35N3. The van der Waals surface area contributed by atoms with Crippen LogP contribution in [0.15, 0.2) is 0 Å². The predicted octanol–water partition coefficient (Wildman–Crippen LogP) is 2.43. The van der Waals surface area contributed by atoms with Gasteiger partial charge in [0.15, 0.2) is 0 Å². The van der Waals surface area contributed by atoms with Crippen molar-refractivity contribution in [3.8, 4) is 0 Å². The first-order valence-electron chi connectivity index (χ1n) is 8.73. The number of piperidine rings is 1. The van der Waals surface area contributed by atoms with Crippen LogP contribution in [0.4, 0.5) is 0 Å². The van der Waals surface area contributed by atoms with Crippen LogP contribution < -0.4 is 5.32 Å². The molecular weight excluding hydrogens is 246 g/mol. The van der Waals surface area contributed by atoms with Crippen molar-refractivity contribution in [2.45, 2.75) is 58.0 Å². The Morgan fingerprint density at radius 3 is 2.45 bits per heavy atom. The van der Waals surface area contributed by atoms with Gasteiger partial charge in [-0.15, -0.1) is 0 Å². The molecule has 1 saturated carbocycles. The largest absolute Gasteiger partial charge is 0.317 e. The van der Waals surface area contributed by atoms with Gasteiger partial charge < -0.3 is 15.1 Å². The molecule has 1 aliphatic carbocycles. The van der Waals surface area contributed by atoms with E-state index < -0.39 is 0 Å². The second-order valence-corrected chi connectivity index (χ2v) is 7.18. The molecule has 1 aliphatic heterocycles. The topological polar surface area (TPSA) is 18.5 Å². The Bertz CT molecular complexity index is 273. The number of likely N-dealkylation sites (tertiary alicyclic amines) is 1. The molecule has 2 rings (SSSR count). The van der Waals surface area contributed by atoms with Crippen LogP contribution in [0.2, 0.25) is 0 Å². The minimum Gasteiger partial charge on any atom is -0.317 e. The van der Waals surface area contributed by atoms with Gasteiger partial charge in [0.1, 0.15) is 0 Å². The van der Waals surface area contributed by atoms with Crippen molar-refractivity contribution in [1.82, 2.24) is 15.1 Å². The lowest BCUT2D eigenvalue weighted by atomic mass is 9.78. The van der Waals surface area contributed by atoms with E-state index in [1.807, 2.05) is 0 Å². The third kappa shape index (κ3) is 4.19. The van der Waals surface area contributed by atoms with E-state index >= 15 is 0 Å². The maximum atomic E-state index is 3.56. The lowest BCUT2D eigenvalue weighted by Gasteiger charge is -2.41. The average Bonchev–Trinajstić information content (AvgIpc) is 2.47. The zero-order valence-corrected chi connectivity index (χ0v) is 14.1. The summed E-state index contributed by atoms with van der Waals surface area (Å²) >= 11 is 0. The second-order valence-electron chi connectivity index (χ2n) is 7.18. The summed E-state index contributed by atoms with van der Waals surface area (Å²) in [6.45, 7) is 9.80. The van der Waals surface area contributed by atoms with E-state index in [4.69, 9.17) is 0 Å². The molecule has 2 fully saturated rings. The number of hydrogen-bond acceptors (Lipinski definition) is 3. The van der Waals surface area contributed by atoms with Gasteiger partial charge in [0.05, 0.1) is 0 Å². The molecule has 0 spiro atoms. The lowest BCUT2D eigenvalue weighted by Crippen LogP contribution is -2.48. The summed E-state index contributed by atoms with van der Waals surface area (Å²) in [5, 5.41) is 3.56. The van der Waals surface area contributed by atoms with Gasteiger partial charge in [-0.2, -0.15) is 0 Å². The van der Waals surface area contributed by atoms with Crippen LogP contribution in [0.3, 0.4) is 0 Å². The van der Waals surface area contributed by atoms with Gasteiger partial charge in [0.25, 0.3) is 0 Å².